The van der Waals surface area contributed by atoms with Crippen LogP contribution in [0.2, 0.25) is 0 Å². The van der Waals surface area contributed by atoms with Crippen LogP contribution in [0.5, 0.6) is 11.5 Å². The molecule has 116 valence electrons. The summed E-state index contributed by atoms with van der Waals surface area (Å²) in [5, 5.41) is 14.6. The number of rotatable bonds is 4. The summed E-state index contributed by atoms with van der Waals surface area (Å²) in [4.78, 5) is 13.0. The summed E-state index contributed by atoms with van der Waals surface area (Å²) in [5.41, 5.74) is 1.60. The molecule has 5 heteroatoms. The third-order valence-electron chi connectivity index (χ3n) is 3.60. The molecule has 0 saturated carbocycles. The largest absolute Gasteiger partial charge is 0.504 e. The molecule has 0 radical (unpaired) electrons. The maximum atomic E-state index is 13.0. The van der Waals surface area contributed by atoms with Crippen molar-refractivity contribution in [2.24, 2.45) is 0 Å². The fraction of sp³-hybridized carbons (Fsp3) is 0.111. The van der Waals surface area contributed by atoms with Crippen LogP contribution in [0.1, 0.15) is 21.7 Å². The average molecular weight is 308 g/mol. The van der Waals surface area contributed by atoms with Gasteiger partial charge in [-0.3, -0.25) is 4.79 Å². The highest BCUT2D eigenvalue weighted by Gasteiger charge is 2.25. The predicted octanol–water partition coefficient (Wildman–Crippen LogP) is 3.13. The Bertz CT molecular complexity index is 854. The lowest BCUT2D eigenvalue weighted by Crippen LogP contribution is -2.11. The fourth-order valence-corrected chi connectivity index (χ4v) is 2.44. The molecular weight excluding hydrogens is 292 g/mol. The molecule has 3 rings (SSSR count). The Morgan fingerprint density at radius 3 is 2.43 bits per heavy atom. The highest BCUT2D eigenvalue weighted by molar-refractivity contribution is 6.11. The maximum Gasteiger partial charge on any atom is 0.219 e. The molecule has 0 fully saturated rings. The third-order valence-corrected chi connectivity index (χ3v) is 3.60. The number of benzene rings is 2. The van der Waals surface area contributed by atoms with Crippen LogP contribution in [-0.4, -0.2) is 27.8 Å². The predicted molar refractivity (Wildman–Crippen MR) is 86.4 cm³/mol. The van der Waals surface area contributed by atoms with Crippen LogP contribution in [-0.2, 0) is 0 Å². The first-order valence-corrected chi connectivity index (χ1v) is 7.15. The molecule has 0 aliphatic carbocycles. The van der Waals surface area contributed by atoms with Crippen molar-refractivity contribution in [3.63, 3.8) is 0 Å². The molecule has 1 heterocycles. The molecule has 0 amide bonds. The zero-order chi connectivity index (χ0) is 16.4. The van der Waals surface area contributed by atoms with Crippen molar-refractivity contribution in [2.75, 3.05) is 7.11 Å². The van der Waals surface area contributed by atoms with Gasteiger partial charge in [-0.05, 0) is 31.2 Å². The quantitative estimate of drug-likeness (QED) is 0.752. The minimum atomic E-state index is -0.343. The lowest BCUT2D eigenvalue weighted by atomic mass is 10.1. The monoisotopic (exact) mass is 308 g/mol. The molecule has 0 saturated heterocycles. The van der Waals surface area contributed by atoms with E-state index in [2.05, 4.69) is 5.10 Å². The highest BCUT2D eigenvalue weighted by atomic mass is 16.5. The molecule has 0 unspecified atom stereocenters. The molecule has 1 aromatic heterocycles. The molecule has 0 bridgehead atoms. The van der Waals surface area contributed by atoms with E-state index >= 15 is 0 Å². The minimum absolute atomic E-state index is 0.121. The van der Waals surface area contributed by atoms with Crippen LogP contribution in [0.25, 0.3) is 5.69 Å². The Morgan fingerprint density at radius 2 is 1.74 bits per heavy atom. The van der Waals surface area contributed by atoms with Gasteiger partial charge < -0.3 is 9.84 Å². The van der Waals surface area contributed by atoms with Gasteiger partial charge in [0.05, 0.1) is 18.4 Å². The number of ether oxygens (including phenoxy) is 1. The van der Waals surface area contributed by atoms with Crippen molar-refractivity contribution >= 4 is 5.78 Å². The number of carbonyl (C=O) groups excluding carboxylic acids is 1. The Labute approximate surface area is 133 Å². The Morgan fingerprint density at radius 1 is 1.09 bits per heavy atom. The first-order valence-electron chi connectivity index (χ1n) is 7.15. The van der Waals surface area contributed by atoms with Crippen molar-refractivity contribution in [3.05, 3.63) is 71.5 Å². The summed E-state index contributed by atoms with van der Waals surface area (Å²) in [7, 11) is 1.51. The lowest BCUT2D eigenvalue weighted by Gasteiger charge is -2.09. The van der Waals surface area contributed by atoms with Crippen LogP contribution in [0, 0.1) is 6.92 Å². The Kier molecular flexibility index (Phi) is 3.85. The van der Waals surface area contributed by atoms with Crippen LogP contribution in [0.4, 0.5) is 0 Å². The van der Waals surface area contributed by atoms with Crippen LogP contribution in [0.3, 0.4) is 0 Å². The van der Waals surface area contributed by atoms with Crippen LogP contribution in [0.15, 0.2) is 54.6 Å². The van der Waals surface area contributed by atoms with Crippen molar-refractivity contribution in [2.45, 2.75) is 6.92 Å². The summed E-state index contributed by atoms with van der Waals surface area (Å²) in [6.45, 7) is 1.66. The number of hydrogen-bond donors (Lipinski definition) is 1. The molecule has 0 atom stereocenters. The van der Waals surface area contributed by atoms with E-state index in [0.29, 0.717) is 22.7 Å². The van der Waals surface area contributed by atoms with E-state index in [1.165, 1.54) is 11.8 Å². The summed E-state index contributed by atoms with van der Waals surface area (Å²) in [6, 6.07) is 16.1. The topological polar surface area (TPSA) is 64.3 Å². The molecule has 5 nitrogen and oxygen atoms in total. The van der Waals surface area contributed by atoms with Crippen molar-refractivity contribution < 1.29 is 14.6 Å². The average Bonchev–Trinajstić information content (AvgIpc) is 2.90. The fourth-order valence-electron chi connectivity index (χ4n) is 2.44. The molecule has 3 aromatic rings. The molecule has 0 spiro atoms. The van der Waals surface area contributed by atoms with Crippen molar-refractivity contribution in [1.29, 1.82) is 0 Å². The Balaban J connectivity index is 2.18. The van der Waals surface area contributed by atoms with Crippen molar-refractivity contribution in [3.8, 4) is 17.2 Å². The van der Waals surface area contributed by atoms with Crippen molar-refractivity contribution in [1.82, 2.24) is 9.78 Å². The second kappa shape index (κ2) is 5.96. The van der Waals surface area contributed by atoms with Gasteiger partial charge in [-0.1, -0.05) is 30.3 Å². The number of aromatic nitrogens is 2. The normalized spacial score (nSPS) is 10.5. The van der Waals surface area contributed by atoms with Gasteiger partial charge in [0.1, 0.15) is 11.4 Å². The molecule has 23 heavy (non-hydrogen) atoms. The van der Waals surface area contributed by atoms with Gasteiger partial charge >= 0.3 is 0 Å². The summed E-state index contributed by atoms with van der Waals surface area (Å²) in [5.74, 6) is -0.00970. The van der Waals surface area contributed by atoms with E-state index in [1.807, 2.05) is 30.3 Å². The number of ketones is 1. The number of hydrogen-bond acceptors (Lipinski definition) is 4. The molecule has 0 aliphatic rings. The number of para-hydroxylation sites is 2. The van der Waals surface area contributed by atoms with E-state index in [4.69, 9.17) is 4.74 Å². The molecule has 0 aliphatic heterocycles. The van der Waals surface area contributed by atoms with Gasteiger partial charge in [-0.15, -0.1) is 0 Å². The van der Waals surface area contributed by atoms with Gasteiger partial charge in [0.15, 0.2) is 11.4 Å². The minimum Gasteiger partial charge on any atom is -0.504 e. The van der Waals surface area contributed by atoms with Gasteiger partial charge in [0.2, 0.25) is 5.78 Å². The van der Waals surface area contributed by atoms with E-state index in [1.54, 1.807) is 31.2 Å². The van der Waals surface area contributed by atoms with E-state index in [0.717, 1.165) is 0 Å². The molecular formula is C18H16N2O3. The van der Waals surface area contributed by atoms with E-state index < -0.39 is 0 Å². The number of aromatic hydroxyl groups is 1. The standard InChI is InChI=1S/C18H16N2O3/c1-12-17(21)16(20(19-12)13-8-4-3-5-9-13)18(22)14-10-6-7-11-15(14)23-2/h3-11,21H,1-2H3. The summed E-state index contributed by atoms with van der Waals surface area (Å²) >= 11 is 0. The van der Waals surface area contributed by atoms with Gasteiger partial charge in [-0.2, -0.15) is 5.10 Å². The molecule has 1 N–H and O–H groups in total. The third kappa shape index (κ3) is 2.57. The summed E-state index contributed by atoms with van der Waals surface area (Å²) in [6.07, 6.45) is 0. The van der Waals surface area contributed by atoms with E-state index in [9.17, 15) is 9.90 Å². The first-order chi connectivity index (χ1) is 11.1. The zero-order valence-corrected chi connectivity index (χ0v) is 12.9. The first kappa shape index (κ1) is 14.8. The number of carbonyl (C=O) groups is 1. The van der Waals surface area contributed by atoms with E-state index in [-0.39, 0.29) is 17.2 Å². The van der Waals surface area contributed by atoms with Crippen LogP contribution >= 0.6 is 0 Å². The van der Waals surface area contributed by atoms with Gasteiger partial charge in [-0.25, -0.2) is 4.68 Å². The zero-order valence-electron chi connectivity index (χ0n) is 12.9. The van der Waals surface area contributed by atoms with Gasteiger partial charge in [0, 0.05) is 0 Å². The number of aryl methyl sites for hydroxylation is 1. The van der Waals surface area contributed by atoms with Crippen LogP contribution < -0.4 is 4.74 Å². The second-order valence-electron chi connectivity index (χ2n) is 5.06. The SMILES string of the molecule is COc1ccccc1C(=O)c1c(O)c(C)nn1-c1ccccc1. The lowest BCUT2D eigenvalue weighted by molar-refractivity contribution is 0.102. The maximum absolute atomic E-state index is 13.0. The molecule has 2 aromatic carbocycles. The smallest absolute Gasteiger partial charge is 0.219 e. The second-order valence-corrected chi connectivity index (χ2v) is 5.06. The Hall–Kier alpha value is -3.08. The highest BCUT2D eigenvalue weighted by Crippen LogP contribution is 2.29. The number of methoxy groups -OCH3 is 1. The van der Waals surface area contributed by atoms with Gasteiger partial charge in [0.25, 0.3) is 0 Å². The number of nitrogens with zero attached hydrogens (tertiary/aromatic N) is 2. The summed E-state index contributed by atoms with van der Waals surface area (Å²) < 4.78 is 6.71.